The molecule has 0 unspecified atom stereocenters. The first-order chi connectivity index (χ1) is 17.5. The van der Waals surface area contributed by atoms with Gasteiger partial charge in [0.1, 0.15) is 5.82 Å². The van der Waals surface area contributed by atoms with E-state index in [0.717, 1.165) is 52.5 Å². The molecule has 0 aliphatic rings. The van der Waals surface area contributed by atoms with Gasteiger partial charge in [0.15, 0.2) is 0 Å². The summed E-state index contributed by atoms with van der Waals surface area (Å²) in [5.41, 5.74) is 8.42. The lowest BCUT2D eigenvalue weighted by Crippen LogP contribution is -2.16. The van der Waals surface area contributed by atoms with Crippen LogP contribution in [0.15, 0.2) is 54.9 Å². The van der Waals surface area contributed by atoms with Crippen LogP contribution in [0.25, 0.3) is 21.7 Å². The van der Waals surface area contributed by atoms with Gasteiger partial charge in [-0.15, -0.1) is 0 Å². The van der Waals surface area contributed by atoms with Crippen LogP contribution in [0, 0.1) is 0 Å². The van der Waals surface area contributed by atoms with E-state index in [2.05, 4.69) is 15.6 Å². The Kier molecular flexibility index (Phi) is 9.02. The number of nitrogens with zero attached hydrogens (tertiary/aromatic N) is 2. The van der Waals surface area contributed by atoms with Gasteiger partial charge in [0, 0.05) is 58.8 Å². The molecule has 0 radical (unpaired) electrons. The molecule has 0 aliphatic heterocycles. The molecule has 1 amide bonds. The Hall–Kier alpha value is -3.30. The molecule has 2 heterocycles. The average Bonchev–Trinajstić information content (AvgIpc) is 2.89. The lowest BCUT2D eigenvalue weighted by atomic mass is 10.1. The number of rotatable bonds is 13. The number of unbranched alkanes of at least 4 members (excludes halogenated alkanes) is 1. The second-order valence-electron chi connectivity index (χ2n) is 8.53. The van der Waals surface area contributed by atoms with Crippen molar-refractivity contribution in [2.45, 2.75) is 26.0 Å². The van der Waals surface area contributed by atoms with E-state index in [9.17, 15) is 9.90 Å². The van der Waals surface area contributed by atoms with Crippen LogP contribution in [0.3, 0.4) is 0 Å². The standard InChI is InChI=1S/C27H30ClN5O3/c28-21-12-18(11-19(13-21)17-34)15-30-6-1-2-9-36-10-8-32-27-23-5-7-31-16-24(23)22-4-3-20(26(29)35)14-25(22)33-27/h3-5,7,11-14,16,30,34H,1-2,6,8-10,15,17H2,(H2,29,35)(H,32,33). The summed E-state index contributed by atoms with van der Waals surface area (Å²) in [5.74, 6) is 0.239. The smallest absolute Gasteiger partial charge is 0.248 e. The summed E-state index contributed by atoms with van der Waals surface area (Å²) in [7, 11) is 0. The lowest BCUT2D eigenvalue weighted by molar-refractivity contribution is 0.100. The number of nitrogens with one attached hydrogen (secondary N) is 2. The van der Waals surface area contributed by atoms with Crippen molar-refractivity contribution >= 4 is 45.0 Å². The molecule has 0 saturated heterocycles. The highest BCUT2D eigenvalue weighted by molar-refractivity contribution is 6.30. The maximum Gasteiger partial charge on any atom is 0.248 e. The molecule has 188 valence electrons. The predicted molar refractivity (Wildman–Crippen MR) is 143 cm³/mol. The first-order valence-electron chi connectivity index (χ1n) is 11.9. The molecule has 0 atom stereocenters. The van der Waals surface area contributed by atoms with E-state index in [-0.39, 0.29) is 6.61 Å². The number of anilines is 1. The number of aliphatic hydroxyl groups is 1. The summed E-state index contributed by atoms with van der Waals surface area (Å²) in [6.45, 7) is 3.39. The van der Waals surface area contributed by atoms with Crippen molar-refractivity contribution in [3.05, 3.63) is 76.6 Å². The molecule has 2 aromatic carbocycles. The molecule has 36 heavy (non-hydrogen) atoms. The van der Waals surface area contributed by atoms with Crippen LogP contribution in [-0.2, 0) is 17.9 Å². The number of amides is 1. The molecule has 4 rings (SSSR count). The molecular formula is C27H30ClN5O3. The van der Waals surface area contributed by atoms with E-state index in [4.69, 9.17) is 27.1 Å². The number of halogens is 1. The van der Waals surface area contributed by atoms with Gasteiger partial charge < -0.3 is 26.2 Å². The van der Waals surface area contributed by atoms with Crippen molar-refractivity contribution < 1.29 is 14.6 Å². The number of hydrogen-bond donors (Lipinski definition) is 4. The molecule has 0 fully saturated rings. The summed E-state index contributed by atoms with van der Waals surface area (Å²) < 4.78 is 5.78. The molecule has 0 bridgehead atoms. The Morgan fingerprint density at radius 1 is 1.00 bits per heavy atom. The maximum atomic E-state index is 11.6. The number of ether oxygens (including phenoxy) is 1. The summed E-state index contributed by atoms with van der Waals surface area (Å²) >= 11 is 6.08. The second-order valence-corrected chi connectivity index (χ2v) is 8.96. The second kappa shape index (κ2) is 12.6. The summed E-state index contributed by atoms with van der Waals surface area (Å²) in [6.07, 6.45) is 5.48. The third kappa shape index (κ3) is 6.67. The van der Waals surface area contributed by atoms with Crippen LogP contribution in [0.2, 0.25) is 5.02 Å². The van der Waals surface area contributed by atoms with Gasteiger partial charge in [0.05, 0.1) is 18.7 Å². The van der Waals surface area contributed by atoms with Gasteiger partial charge in [-0.05, 0) is 60.8 Å². The van der Waals surface area contributed by atoms with Crippen molar-refractivity contribution in [1.82, 2.24) is 15.3 Å². The van der Waals surface area contributed by atoms with Crippen molar-refractivity contribution in [3.8, 4) is 0 Å². The average molecular weight is 508 g/mol. The number of carbonyl (C=O) groups excluding carboxylic acids is 1. The van der Waals surface area contributed by atoms with Crippen LogP contribution >= 0.6 is 11.6 Å². The van der Waals surface area contributed by atoms with E-state index in [0.29, 0.717) is 42.4 Å². The quantitative estimate of drug-likeness (QED) is 0.159. The van der Waals surface area contributed by atoms with Crippen LogP contribution in [-0.4, -0.2) is 47.3 Å². The third-order valence-electron chi connectivity index (χ3n) is 5.84. The minimum absolute atomic E-state index is 0.0136. The number of primary amides is 1. The first-order valence-corrected chi connectivity index (χ1v) is 12.3. The van der Waals surface area contributed by atoms with Gasteiger partial charge in [0.2, 0.25) is 5.91 Å². The van der Waals surface area contributed by atoms with Crippen LogP contribution in [0.5, 0.6) is 0 Å². The van der Waals surface area contributed by atoms with Gasteiger partial charge >= 0.3 is 0 Å². The van der Waals surface area contributed by atoms with Crippen LogP contribution < -0.4 is 16.4 Å². The fourth-order valence-corrected chi connectivity index (χ4v) is 4.36. The number of carbonyl (C=O) groups is 1. The Bertz CT molecular complexity index is 1350. The normalized spacial score (nSPS) is 11.3. The van der Waals surface area contributed by atoms with E-state index in [1.165, 1.54) is 0 Å². The highest BCUT2D eigenvalue weighted by Crippen LogP contribution is 2.29. The third-order valence-corrected chi connectivity index (χ3v) is 6.06. The number of hydrogen-bond acceptors (Lipinski definition) is 7. The molecular weight excluding hydrogens is 478 g/mol. The summed E-state index contributed by atoms with van der Waals surface area (Å²) in [6, 6.07) is 12.8. The van der Waals surface area contributed by atoms with Gasteiger partial charge in [-0.3, -0.25) is 9.78 Å². The molecule has 0 saturated carbocycles. The summed E-state index contributed by atoms with van der Waals surface area (Å²) in [5, 5.41) is 19.5. The Morgan fingerprint density at radius 3 is 2.69 bits per heavy atom. The number of fused-ring (bicyclic) bond motifs is 3. The SMILES string of the molecule is NC(=O)c1ccc2c(c1)nc(NCCOCCCCNCc1cc(Cl)cc(CO)c1)c1ccncc12. The lowest BCUT2D eigenvalue weighted by Gasteiger charge is -2.12. The van der Waals surface area contributed by atoms with Crippen molar-refractivity contribution in [1.29, 1.82) is 0 Å². The Morgan fingerprint density at radius 2 is 1.86 bits per heavy atom. The number of aliphatic hydroxyl groups excluding tert-OH is 1. The monoisotopic (exact) mass is 507 g/mol. The van der Waals surface area contributed by atoms with E-state index in [1.807, 2.05) is 24.3 Å². The number of benzene rings is 2. The highest BCUT2D eigenvalue weighted by Gasteiger charge is 2.10. The van der Waals surface area contributed by atoms with Crippen molar-refractivity contribution in [2.75, 3.05) is 31.6 Å². The fourth-order valence-electron chi connectivity index (χ4n) is 4.08. The zero-order chi connectivity index (χ0) is 25.3. The van der Waals surface area contributed by atoms with E-state index < -0.39 is 5.91 Å². The van der Waals surface area contributed by atoms with Gasteiger partial charge in [0.25, 0.3) is 0 Å². The first kappa shape index (κ1) is 25.8. The number of nitrogens with two attached hydrogens (primary N) is 1. The number of aromatic nitrogens is 2. The zero-order valence-electron chi connectivity index (χ0n) is 20.0. The van der Waals surface area contributed by atoms with Crippen molar-refractivity contribution in [2.24, 2.45) is 5.73 Å². The molecule has 5 N–H and O–H groups in total. The minimum Gasteiger partial charge on any atom is -0.392 e. The van der Waals surface area contributed by atoms with E-state index in [1.54, 1.807) is 30.6 Å². The largest absolute Gasteiger partial charge is 0.392 e. The molecule has 2 aromatic heterocycles. The number of pyridine rings is 2. The van der Waals surface area contributed by atoms with Crippen LogP contribution in [0.4, 0.5) is 5.82 Å². The molecule has 8 nitrogen and oxygen atoms in total. The highest BCUT2D eigenvalue weighted by atomic mass is 35.5. The minimum atomic E-state index is -0.483. The molecule has 4 aromatic rings. The zero-order valence-corrected chi connectivity index (χ0v) is 20.7. The Balaban J connectivity index is 1.20. The van der Waals surface area contributed by atoms with E-state index >= 15 is 0 Å². The molecule has 9 heteroatoms. The Labute approximate surface area is 214 Å². The maximum absolute atomic E-state index is 11.6. The topological polar surface area (TPSA) is 122 Å². The predicted octanol–water partition coefficient (Wildman–Crippen LogP) is 4.03. The van der Waals surface area contributed by atoms with Crippen molar-refractivity contribution in [3.63, 3.8) is 0 Å². The van der Waals surface area contributed by atoms with Gasteiger partial charge in [-0.25, -0.2) is 4.98 Å². The van der Waals surface area contributed by atoms with Gasteiger partial charge in [-0.1, -0.05) is 23.7 Å². The molecule has 0 aliphatic carbocycles. The summed E-state index contributed by atoms with van der Waals surface area (Å²) in [4.78, 5) is 20.6. The van der Waals surface area contributed by atoms with Crippen LogP contribution in [0.1, 0.15) is 34.3 Å². The molecule has 0 spiro atoms. The van der Waals surface area contributed by atoms with Gasteiger partial charge in [-0.2, -0.15) is 0 Å². The fraction of sp³-hybridized carbons (Fsp3) is 0.296.